The summed E-state index contributed by atoms with van der Waals surface area (Å²) < 4.78 is 6.87. The SMILES string of the molecule is C1=C(c2ccccc2)c2oc3c(-c4ccc(-c5ccc(N(c6ccccc6)c6ccc(-c7ccccc7)cc6)cc5)c5ccccc45)cccc3c2CC1. The lowest BCUT2D eigenvalue weighted by Gasteiger charge is -2.26. The number of para-hydroxylation sites is 2. The highest BCUT2D eigenvalue weighted by atomic mass is 16.3. The molecule has 0 saturated carbocycles. The Morgan fingerprint density at radius 2 is 0.889 bits per heavy atom. The molecule has 256 valence electrons. The molecular formula is C52H37NO. The van der Waals surface area contributed by atoms with Crippen molar-refractivity contribution in [2.75, 3.05) is 4.90 Å². The molecule has 0 spiro atoms. The van der Waals surface area contributed by atoms with Gasteiger partial charge in [-0.25, -0.2) is 0 Å². The van der Waals surface area contributed by atoms with Gasteiger partial charge in [0.1, 0.15) is 11.3 Å². The molecule has 1 aliphatic rings. The molecule has 0 unspecified atom stereocenters. The maximum Gasteiger partial charge on any atom is 0.142 e. The minimum atomic E-state index is 0.964. The van der Waals surface area contributed by atoms with Crippen molar-refractivity contribution in [3.05, 3.63) is 217 Å². The summed E-state index contributed by atoms with van der Waals surface area (Å²) in [5.41, 5.74) is 15.1. The van der Waals surface area contributed by atoms with Gasteiger partial charge in [-0.05, 0) is 93.4 Å². The Morgan fingerprint density at radius 3 is 1.57 bits per heavy atom. The van der Waals surface area contributed by atoms with Gasteiger partial charge in [0.25, 0.3) is 0 Å². The maximum atomic E-state index is 6.87. The predicted octanol–water partition coefficient (Wildman–Crippen LogP) is 14.4. The van der Waals surface area contributed by atoms with Crippen molar-refractivity contribution < 1.29 is 4.42 Å². The topological polar surface area (TPSA) is 16.4 Å². The van der Waals surface area contributed by atoms with E-state index in [9.17, 15) is 0 Å². The van der Waals surface area contributed by atoms with Crippen LogP contribution in [-0.2, 0) is 6.42 Å². The van der Waals surface area contributed by atoms with Gasteiger partial charge in [0.2, 0.25) is 0 Å². The number of rotatable bonds is 7. The lowest BCUT2D eigenvalue weighted by molar-refractivity contribution is 0.592. The van der Waals surface area contributed by atoms with E-state index in [1.165, 1.54) is 60.7 Å². The number of fused-ring (bicyclic) bond motifs is 4. The van der Waals surface area contributed by atoms with E-state index in [1.54, 1.807) is 0 Å². The van der Waals surface area contributed by atoms with Crippen molar-refractivity contribution in [3.63, 3.8) is 0 Å². The van der Waals surface area contributed by atoms with Crippen LogP contribution in [0.4, 0.5) is 17.1 Å². The number of hydrogen-bond acceptors (Lipinski definition) is 2. The highest BCUT2D eigenvalue weighted by molar-refractivity contribution is 6.09. The van der Waals surface area contributed by atoms with Gasteiger partial charge in [-0.15, -0.1) is 0 Å². The van der Waals surface area contributed by atoms with E-state index in [2.05, 4.69) is 205 Å². The summed E-state index contributed by atoms with van der Waals surface area (Å²) in [4.78, 5) is 2.32. The Kier molecular flexibility index (Phi) is 8.00. The highest BCUT2D eigenvalue weighted by Gasteiger charge is 2.24. The minimum Gasteiger partial charge on any atom is -0.455 e. The fourth-order valence-electron chi connectivity index (χ4n) is 8.20. The number of allylic oxidation sites excluding steroid dienone is 1. The van der Waals surface area contributed by atoms with Crippen LogP contribution in [0.2, 0.25) is 0 Å². The van der Waals surface area contributed by atoms with Crippen molar-refractivity contribution >= 4 is 44.4 Å². The summed E-state index contributed by atoms with van der Waals surface area (Å²) in [5, 5.41) is 3.65. The molecule has 0 bridgehead atoms. The van der Waals surface area contributed by atoms with Crippen molar-refractivity contribution in [2.24, 2.45) is 0 Å². The quantitative estimate of drug-likeness (QED) is 0.165. The fourth-order valence-corrected chi connectivity index (χ4v) is 8.20. The van der Waals surface area contributed by atoms with E-state index in [0.717, 1.165) is 46.8 Å². The molecule has 0 aliphatic heterocycles. The second kappa shape index (κ2) is 13.6. The average Bonchev–Trinajstić information content (AvgIpc) is 3.64. The molecule has 0 amide bonds. The van der Waals surface area contributed by atoms with Gasteiger partial charge in [-0.3, -0.25) is 0 Å². The van der Waals surface area contributed by atoms with E-state index in [0.29, 0.717) is 0 Å². The third-order valence-electron chi connectivity index (χ3n) is 10.8. The smallest absolute Gasteiger partial charge is 0.142 e. The summed E-state index contributed by atoms with van der Waals surface area (Å²) in [7, 11) is 0. The average molecular weight is 692 g/mol. The predicted molar refractivity (Wildman–Crippen MR) is 227 cm³/mol. The third-order valence-corrected chi connectivity index (χ3v) is 10.8. The van der Waals surface area contributed by atoms with Gasteiger partial charge in [0.15, 0.2) is 0 Å². The van der Waals surface area contributed by atoms with Crippen molar-refractivity contribution in [3.8, 4) is 33.4 Å². The standard InChI is InChI=1S/C52H37NO/c1-4-14-36(15-5-1)37-26-30-41(31-27-37)53(40-18-8-3-9-19-40)42-32-28-39(29-33-42)43-34-35-47(46-21-11-10-20-45(43)46)48-23-13-25-50-49-24-12-22-44(51(49)54-52(48)50)38-16-6-2-7-17-38/h1-11,13-23,25-35H,12,24H2. The molecule has 0 atom stereocenters. The largest absolute Gasteiger partial charge is 0.455 e. The van der Waals surface area contributed by atoms with Crippen LogP contribution in [0.5, 0.6) is 0 Å². The number of benzene rings is 8. The molecule has 54 heavy (non-hydrogen) atoms. The molecule has 0 N–H and O–H groups in total. The third kappa shape index (κ3) is 5.60. The first-order chi connectivity index (χ1) is 26.8. The zero-order valence-electron chi connectivity index (χ0n) is 29.8. The van der Waals surface area contributed by atoms with Crippen molar-refractivity contribution in [2.45, 2.75) is 12.8 Å². The molecule has 8 aromatic carbocycles. The summed E-state index contributed by atoms with van der Waals surface area (Å²) in [6.07, 6.45) is 4.32. The summed E-state index contributed by atoms with van der Waals surface area (Å²) >= 11 is 0. The van der Waals surface area contributed by atoms with Crippen LogP contribution >= 0.6 is 0 Å². The van der Waals surface area contributed by atoms with Gasteiger partial charge in [0.05, 0.1) is 0 Å². The van der Waals surface area contributed by atoms with Gasteiger partial charge < -0.3 is 9.32 Å². The van der Waals surface area contributed by atoms with Crippen LogP contribution < -0.4 is 4.90 Å². The van der Waals surface area contributed by atoms with Gasteiger partial charge >= 0.3 is 0 Å². The minimum absolute atomic E-state index is 0.964. The van der Waals surface area contributed by atoms with Gasteiger partial charge in [-0.1, -0.05) is 164 Å². The molecule has 10 rings (SSSR count). The number of furan rings is 1. The van der Waals surface area contributed by atoms with Crippen molar-refractivity contribution in [1.29, 1.82) is 0 Å². The Morgan fingerprint density at radius 1 is 0.370 bits per heavy atom. The Balaban J connectivity index is 1.03. The summed E-state index contributed by atoms with van der Waals surface area (Å²) in [6, 6.07) is 69.5. The first-order valence-electron chi connectivity index (χ1n) is 18.7. The van der Waals surface area contributed by atoms with Crippen LogP contribution in [0.3, 0.4) is 0 Å². The van der Waals surface area contributed by atoms with E-state index >= 15 is 0 Å². The maximum absolute atomic E-state index is 6.87. The molecule has 9 aromatic rings. The van der Waals surface area contributed by atoms with Crippen LogP contribution in [-0.4, -0.2) is 0 Å². The molecule has 1 aromatic heterocycles. The van der Waals surface area contributed by atoms with E-state index in [4.69, 9.17) is 4.42 Å². The number of hydrogen-bond donors (Lipinski definition) is 0. The van der Waals surface area contributed by atoms with Crippen LogP contribution in [0.1, 0.15) is 23.3 Å². The lowest BCUT2D eigenvalue weighted by atomic mass is 9.89. The molecule has 0 saturated heterocycles. The Bertz CT molecular complexity index is 2780. The van der Waals surface area contributed by atoms with Crippen molar-refractivity contribution in [1.82, 2.24) is 0 Å². The van der Waals surface area contributed by atoms with E-state index < -0.39 is 0 Å². The monoisotopic (exact) mass is 691 g/mol. The Hall–Kier alpha value is -6.90. The second-order valence-electron chi connectivity index (χ2n) is 14.0. The van der Waals surface area contributed by atoms with Crippen LogP contribution in [0.15, 0.2) is 205 Å². The first kappa shape index (κ1) is 31.8. The fraction of sp³-hybridized carbons (Fsp3) is 0.0385. The molecule has 2 nitrogen and oxygen atoms in total. The molecule has 0 radical (unpaired) electrons. The molecule has 1 aliphatic carbocycles. The summed E-state index contributed by atoms with van der Waals surface area (Å²) in [5.74, 6) is 1.01. The van der Waals surface area contributed by atoms with Gasteiger partial charge in [-0.2, -0.15) is 0 Å². The lowest BCUT2D eigenvalue weighted by Crippen LogP contribution is -2.09. The van der Waals surface area contributed by atoms with Crippen LogP contribution in [0, 0.1) is 0 Å². The highest BCUT2D eigenvalue weighted by Crippen LogP contribution is 2.44. The number of nitrogens with zero attached hydrogens (tertiary/aromatic N) is 1. The molecular weight excluding hydrogens is 655 g/mol. The zero-order chi connectivity index (χ0) is 35.8. The second-order valence-corrected chi connectivity index (χ2v) is 14.0. The van der Waals surface area contributed by atoms with Crippen LogP contribution in [0.25, 0.3) is 60.7 Å². The Labute approximate surface area is 315 Å². The number of anilines is 3. The molecule has 2 heteroatoms. The first-order valence-corrected chi connectivity index (χ1v) is 18.7. The summed E-state index contributed by atoms with van der Waals surface area (Å²) in [6.45, 7) is 0. The molecule has 0 fully saturated rings. The number of aryl methyl sites for hydroxylation is 1. The molecule has 1 heterocycles. The zero-order valence-corrected chi connectivity index (χ0v) is 29.8. The van der Waals surface area contributed by atoms with E-state index in [-0.39, 0.29) is 0 Å². The normalized spacial score (nSPS) is 12.4. The van der Waals surface area contributed by atoms with E-state index in [1.807, 2.05) is 0 Å². The van der Waals surface area contributed by atoms with Gasteiger partial charge in [0, 0.05) is 39.1 Å².